The third-order valence-electron chi connectivity index (χ3n) is 2.83. The first-order valence-electron chi connectivity index (χ1n) is 5.96. The van der Waals surface area contributed by atoms with Crippen LogP contribution in [-0.2, 0) is 0 Å². The number of hydrogen-bond acceptors (Lipinski definition) is 5. The van der Waals surface area contributed by atoms with Crippen molar-refractivity contribution in [2.45, 2.75) is 19.4 Å². The number of benzene rings is 1. The van der Waals surface area contributed by atoms with Gasteiger partial charge in [-0.2, -0.15) is 0 Å². The maximum Gasteiger partial charge on any atom is 0.161 e. The number of nitrogens with one attached hydrogen (secondary N) is 1. The molecule has 0 aromatic heterocycles. The van der Waals surface area contributed by atoms with Crippen molar-refractivity contribution >= 4 is 22.6 Å². The molecule has 1 aromatic rings. The van der Waals surface area contributed by atoms with Gasteiger partial charge in [0.1, 0.15) is 11.5 Å². The van der Waals surface area contributed by atoms with Gasteiger partial charge < -0.3 is 14.8 Å². The molecule has 1 aliphatic rings. The van der Waals surface area contributed by atoms with Crippen LogP contribution in [0, 0.1) is 0 Å². The van der Waals surface area contributed by atoms with Crippen LogP contribution < -0.4 is 14.8 Å². The van der Waals surface area contributed by atoms with E-state index in [-0.39, 0.29) is 0 Å². The number of thioether (sulfide) groups is 1. The van der Waals surface area contributed by atoms with Crippen molar-refractivity contribution in [1.82, 2.24) is 0 Å². The highest BCUT2D eigenvalue weighted by Gasteiger charge is 2.17. The van der Waals surface area contributed by atoms with Crippen molar-refractivity contribution in [1.29, 1.82) is 0 Å². The van der Waals surface area contributed by atoms with E-state index in [1.165, 1.54) is 0 Å². The molecule has 0 spiro atoms. The van der Waals surface area contributed by atoms with Crippen LogP contribution in [0.15, 0.2) is 23.2 Å². The van der Waals surface area contributed by atoms with Gasteiger partial charge >= 0.3 is 0 Å². The first kappa shape index (κ1) is 13.1. The molecule has 0 saturated carbocycles. The summed E-state index contributed by atoms with van der Waals surface area (Å²) in [5, 5.41) is 4.26. The molecule has 98 valence electrons. The second-order valence-electron chi connectivity index (χ2n) is 4.00. The van der Waals surface area contributed by atoms with E-state index in [0.717, 1.165) is 34.5 Å². The van der Waals surface area contributed by atoms with Crippen LogP contribution in [0.2, 0.25) is 0 Å². The molecule has 18 heavy (non-hydrogen) atoms. The molecule has 5 heteroatoms. The first-order valence-corrected chi connectivity index (χ1v) is 6.95. The van der Waals surface area contributed by atoms with Crippen LogP contribution in [0.1, 0.15) is 13.3 Å². The summed E-state index contributed by atoms with van der Waals surface area (Å²) in [6.45, 7) is 2.16. The number of anilines is 1. The largest absolute Gasteiger partial charge is 0.497 e. The Bertz CT molecular complexity index is 449. The third-order valence-corrected chi connectivity index (χ3v) is 3.86. The van der Waals surface area contributed by atoms with Crippen LogP contribution in [0.25, 0.3) is 0 Å². The second-order valence-corrected chi connectivity index (χ2v) is 5.01. The molecule has 0 bridgehead atoms. The van der Waals surface area contributed by atoms with Crippen LogP contribution in [0.4, 0.5) is 5.69 Å². The van der Waals surface area contributed by atoms with Gasteiger partial charge in [-0.15, -0.1) is 0 Å². The Morgan fingerprint density at radius 1 is 1.39 bits per heavy atom. The summed E-state index contributed by atoms with van der Waals surface area (Å²) >= 11 is 1.75. The number of rotatable bonds is 4. The predicted octanol–water partition coefficient (Wildman–Crippen LogP) is 3.00. The van der Waals surface area contributed by atoms with Gasteiger partial charge in [-0.25, -0.2) is 0 Å². The van der Waals surface area contributed by atoms with Crippen LogP contribution in [0.5, 0.6) is 11.5 Å². The number of methoxy groups -OCH3 is 2. The molecule has 0 amide bonds. The first-order chi connectivity index (χ1) is 8.76. The Morgan fingerprint density at radius 3 is 2.83 bits per heavy atom. The van der Waals surface area contributed by atoms with E-state index in [1.807, 2.05) is 18.2 Å². The lowest BCUT2D eigenvalue weighted by atomic mass is 10.2. The fourth-order valence-electron chi connectivity index (χ4n) is 1.72. The maximum absolute atomic E-state index is 5.33. The average Bonchev–Trinajstić information content (AvgIpc) is 2.86. The van der Waals surface area contributed by atoms with E-state index in [1.54, 1.807) is 26.0 Å². The lowest BCUT2D eigenvalue weighted by Gasteiger charge is -2.11. The molecular formula is C13H18N2O2S. The van der Waals surface area contributed by atoms with Crippen molar-refractivity contribution in [2.24, 2.45) is 4.99 Å². The van der Waals surface area contributed by atoms with Crippen LogP contribution in [-0.4, -0.2) is 31.2 Å². The van der Waals surface area contributed by atoms with Crippen LogP contribution in [0.3, 0.4) is 0 Å². The van der Waals surface area contributed by atoms with E-state index in [9.17, 15) is 0 Å². The molecule has 0 radical (unpaired) electrons. The van der Waals surface area contributed by atoms with E-state index >= 15 is 0 Å². The molecule has 0 aliphatic carbocycles. The number of ether oxygens (including phenoxy) is 2. The van der Waals surface area contributed by atoms with Crippen LogP contribution >= 0.6 is 11.8 Å². The molecule has 4 nitrogen and oxygen atoms in total. The van der Waals surface area contributed by atoms with E-state index < -0.39 is 0 Å². The Morgan fingerprint density at radius 2 is 2.22 bits per heavy atom. The molecular weight excluding hydrogens is 248 g/mol. The van der Waals surface area contributed by atoms with E-state index in [0.29, 0.717) is 6.04 Å². The molecule has 1 aliphatic heterocycles. The van der Waals surface area contributed by atoms with Crippen molar-refractivity contribution in [2.75, 3.05) is 25.3 Å². The Hall–Kier alpha value is -1.36. The highest BCUT2D eigenvalue weighted by Crippen LogP contribution is 2.31. The fourth-order valence-corrected chi connectivity index (χ4v) is 2.79. The second kappa shape index (κ2) is 6.00. The van der Waals surface area contributed by atoms with Gasteiger partial charge in [-0.1, -0.05) is 18.7 Å². The lowest BCUT2D eigenvalue weighted by Crippen LogP contribution is -2.07. The van der Waals surface area contributed by atoms with Crippen molar-refractivity contribution < 1.29 is 9.47 Å². The molecule has 1 heterocycles. The van der Waals surface area contributed by atoms with Gasteiger partial charge in [-0.3, -0.25) is 4.99 Å². The summed E-state index contributed by atoms with van der Waals surface area (Å²) in [7, 11) is 3.31. The van der Waals surface area contributed by atoms with Gasteiger partial charge in [0.2, 0.25) is 0 Å². The zero-order chi connectivity index (χ0) is 13.0. The van der Waals surface area contributed by atoms with Gasteiger partial charge in [0.15, 0.2) is 5.17 Å². The highest BCUT2D eigenvalue weighted by molar-refractivity contribution is 8.14. The SMILES string of the molecule is CCC1CSC(Nc2cc(OC)ccc2OC)=N1. The smallest absolute Gasteiger partial charge is 0.161 e. The topological polar surface area (TPSA) is 42.8 Å². The van der Waals surface area contributed by atoms with E-state index in [4.69, 9.17) is 9.47 Å². The number of nitrogens with zero attached hydrogens (tertiary/aromatic N) is 1. The number of hydrogen-bond donors (Lipinski definition) is 1. The van der Waals surface area contributed by atoms with Gasteiger partial charge in [0.05, 0.1) is 25.9 Å². The molecule has 1 unspecified atom stereocenters. The zero-order valence-electron chi connectivity index (χ0n) is 10.9. The summed E-state index contributed by atoms with van der Waals surface area (Å²) in [6, 6.07) is 6.11. The van der Waals surface area contributed by atoms with Crippen molar-refractivity contribution in [3.63, 3.8) is 0 Å². The number of aliphatic imine (C=N–C) groups is 1. The standard InChI is InChI=1S/C13H18N2O2S/c1-4-9-8-18-13(14-9)15-11-7-10(16-2)5-6-12(11)17-3/h5-7,9H,4,8H2,1-3H3,(H,14,15). The lowest BCUT2D eigenvalue weighted by molar-refractivity contribution is 0.405. The normalized spacial score (nSPS) is 18.4. The minimum absolute atomic E-state index is 0.425. The molecule has 1 atom stereocenters. The Balaban J connectivity index is 2.17. The quantitative estimate of drug-likeness (QED) is 0.909. The summed E-state index contributed by atoms with van der Waals surface area (Å²) < 4.78 is 10.5. The summed E-state index contributed by atoms with van der Waals surface area (Å²) in [4.78, 5) is 4.60. The Kier molecular flexibility index (Phi) is 4.36. The number of amidine groups is 1. The molecule has 2 rings (SSSR count). The highest BCUT2D eigenvalue weighted by atomic mass is 32.2. The summed E-state index contributed by atoms with van der Waals surface area (Å²) in [5.74, 6) is 2.64. The van der Waals surface area contributed by atoms with Gasteiger partial charge in [0.25, 0.3) is 0 Å². The van der Waals surface area contributed by atoms with Gasteiger partial charge in [0, 0.05) is 11.8 Å². The monoisotopic (exact) mass is 266 g/mol. The minimum Gasteiger partial charge on any atom is -0.497 e. The molecule has 1 aromatic carbocycles. The average molecular weight is 266 g/mol. The minimum atomic E-state index is 0.425. The molecule has 0 saturated heterocycles. The predicted molar refractivity (Wildman–Crippen MR) is 77.1 cm³/mol. The summed E-state index contributed by atoms with van der Waals surface area (Å²) in [5.41, 5.74) is 0.889. The Labute approximate surface area is 112 Å². The zero-order valence-corrected chi connectivity index (χ0v) is 11.7. The van der Waals surface area contributed by atoms with Gasteiger partial charge in [-0.05, 0) is 18.6 Å². The van der Waals surface area contributed by atoms with Crippen molar-refractivity contribution in [3.05, 3.63) is 18.2 Å². The summed E-state index contributed by atoms with van der Waals surface area (Å²) in [6.07, 6.45) is 1.08. The maximum atomic E-state index is 5.33. The fraction of sp³-hybridized carbons (Fsp3) is 0.462. The molecule has 1 N–H and O–H groups in total. The van der Waals surface area contributed by atoms with Crippen molar-refractivity contribution in [3.8, 4) is 11.5 Å². The molecule has 0 fully saturated rings. The van der Waals surface area contributed by atoms with E-state index in [2.05, 4.69) is 17.2 Å². The third kappa shape index (κ3) is 2.90.